The monoisotopic (exact) mass is 577 g/mol. The number of rotatable bonds is 6. The van der Waals surface area contributed by atoms with Gasteiger partial charge in [-0.25, -0.2) is 13.2 Å². The largest absolute Gasteiger partial charge is 0.355 e. The van der Waals surface area contributed by atoms with Gasteiger partial charge in [-0.05, 0) is 30.4 Å². The zero-order chi connectivity index (χ0) is 23.0. The third-order valence-electron chi connectivity index (χ3n) is 6.14. The molecular weight excluding hydrogens is 554 g/mol. The molecule has 33 heavy (non-hydrogen) atoms. The highest BCUT2D eigenvalue weighted by Crippen LogP contribution is 2.52. The molecule has 3 aliphatic rings. The van der Waals surface area contributed by atoms with Crippen molar-refractivity contribution in [1.82, 2.24) is 15.5 Å². The molecule has 3 N–H and O–H groups in total. The highest BCUT2D eigenvalue weighted by Gasteiger charge is 2.58. The van der Waals surface area contributed by atoms with E-state index in [1.165, 1.54) is 11.9 Å². The molecular formula is C21H23F3IN5O3. The van der Waals surface area contributed by atoms with Crippen LogP contribution in [0, 0.1) is 41.1 Å². The number of hydrogen-bond donors (Lipinski definition) is 3. The molecule has 4 rings (SSSR count). The number of allylic oxidation sites excluding steroid dienone is 2. The molecule has 0 spiro atoms. The number of likely N-dealkylation sites (tertiary alicyclic amines) is 1. The van der Waals surface area contributed by atoms with E-state index in [4.69, 9.17) is 0 Å². The molecule has 4 atom stereocenters. The number of halogens is 4. The zero-order valence-electron chi connectivity index (χ0n) is 17.6. The molecule has 1 saturated carbocycles. The van der Waals surface area contributed by atoms with Crippen molar-refractivity contribution in [2.24, 2.45) is 28.7 Å². The molecule has 1 aromatic rings. The van der Waals surface area contributed by atoms with E-state index in [-0.39, 0.29) is 85.1 Å². The Balaban J connectivity index is 0.00000306. The van der Waals surface area contributed by atoms with Crippen molar-refractivity contribution in [3.05, 3.63) is 41.7 Å². The minimum atomic E-state index is -1.67. The van der Waals surface area contributed by atoms with E-state index in [1.54, 1.807) is 0 Å². The number of imide groups is 1. The Morgan fingerprint density at radius 1 is 1.06 bits per heavy atom. The van der Waals surface area contributed by atoms with E-state index in [1.807, 2.05) is 12.2 Å². The van der Waals surface area contributed by atoms with Crippen LogP contribution in [0.3, 0.4) is 0 Å². The molecule has 0 radical (unpaired) electrons. The van der Waals surface area contributed by atoms with Crippen LogP contribution < -0.4 is 16.0 Å². The Kier molecular flexibility index (Phi) is 7.65. The van der Waals surface area contributed by atoms with Gasteiger partial charge in [0.2, 0.25) is 17.7 Å². The summed E-state index contributed by atoms with van der Waals surface area (Å²) in [6.45, 7) is 0.0503. The average molecular weight is 577 g/mol. The predicted molar refractivity (Wildman–Crippen MR) is 124 cm³/mol. The first kappa shape index (κ1) is 25.0. The molecule has 3 amide bonds. The maximum absolute atomic E-state index is 13.7. The Labute approximate surface area is 205 Å². The fourth-order valence-electron chi connectivity index (χ4n) is 4.67. The molecule has 2 bridgehead atoms. The van der Waals surface area contributed by atoms with Gasteiger partial charge in [0.25, 0.3) is 0 Å². The lowest BCUT2D eigenvalue weighted by molar-refractivity contribution is -0.140. The standard InChI is InChI=1S/C21H22F3N5O3.HI/c1-25-21(27-9-14(30)28-13-5-4-12(22)17(23)18(13)24)26-6-7-29-19(31)15-10-2-3-11(8-10)16(15)20(29)32;/h2-5,10-11,15-16H,6-9H2,1H3,(H,28,30)(H2,25,26,27);1H. The molecule has 1 saturated heterocycles. The smallest absolute Gasteiger partial charge is 0.243 e. The highest BCUT2D eigenvalue weighted by molar-refractivity contribution is 14.0. The van der Waals surface area contributed by atoms with Crippen molar-refractivity contribution < 1.29 is 27.6 Å². The van der Waals surface area contributed by atoms with Crippen molar-refractivity contribution in [1.29, 1.82) is 0 Å². The maximum Gasteiger partial charge on any atom is 0.243 e. The first-order valence-corrected chi connectivity index (χ1v) is 10.2. The molecule has 178 valence electrons. The van der Waals surface area contributed by atoms with Crippen molar-refractivity contribution in [2.45, 2.75) is 6.42 Å². The quantitative estimate of drug-likeness (QED) is 0.119. The summed E-state index contributed by atoms with van der Waals surface area (Å²) >= 11 is 0. The topological polar surface area (TPSA) is 103 Å². The summed E-state index contributed by atoms with van der Waals surface area (Å²) < 4.78 is 39.9. The predicted octanol–water partition coefficient (Wildman–Crippen LogP) is 1.63. The van der Waals surface area contributed by atoms with Gasteiger partial charge >= 0.3 is 0 Å². The van der Waals surface area contributed by atoms with Crippen LogP contribution in [0.5, 0.6) is 0 Å². The van der Waals surface area contributed by atoms with Gasteiger partial charge in [-0.3, -0.25) is 24.3 Å². The van der Waals surface area contributed by atoms with Gasteiger partial charge in [0, 0.05) is 20.1 Å². The number of anilines is 1. The van der Waals surface area contributed by atoms with Crippen LogP contribution in [0.1, 0.15) is 6.42 Å². The molecule has 2 aliphatic carbocycles. The summed E-state index contributed by atoms with van der Waals surface area (Å²) in [6, 6.07) is 1.62. The number of hydrogen-bond acceptors (Lipinski definition) is 4. The first-order valence-electron chi connectivity index (χ1n) is 10.2. The number of nitrogens with zero attached hydrogens (tertiary/aromatic N) is 2. The Morgan fingerprint density at radius 2 is 1.70 bits per heavy atom. The van der Waals surface area contributed by atoms with Crippen LogP contribution >= 0.6 is 24.0 Å². The number of amides is 3. The molecule has 1 heterocycles. The molecule has 4 unspecified atom stereocenters. The van der Waals surface area contributed by atoms with E-state index in [0.717, 1.165) is 12.5 Å². The summed E-state index contributed by atoms with van der Waals surface area (Å²) in [5.41, 5.74) is -0.487. The Hall–Kier alpha value is -2.64. The maximum atomic E-state index is 13.7. The van der Waals surface area contributed by atoms with Crippen LogP contribution in [0.25, 0.3) is 0 Å². The molecule has 1 aromatic carbocycles. The zero-order valence-corrected chi connectivity index (χ0v) is 19.9. The van der Waals surface area contributed by atoms with Crippen LogP contribution in [0.15, 0.2) is 29.3 Å². The van der Waals surface area contributed by atoms with E-state index in [2.05, 4.69) is 20.9 Å². The van der Waals surface area contributed by atoms with Gasteiger partial charge in [0.05, 0.1) is 24.1 Å². The number of guanidine groups is 1. The van der Waals surface area contributed by atoms with Gasteiger partial charge in [-0.15, -0.1) is 24.0 Å². The average Bonchev–Trinajstić information content (AvgIpc) is 3.46. The van der Waals surface area contributed by atoms with E-state index in [9.17, 15) is 27.6 Å². The lowest BCUT2D eigenvalue weighted by Gasteiger charge is -2.18. The number of benzene rings is 1. The van der Waals surface area contributed by atoms with Gasteiger partial charge in [-0.2, -0.15) is 0 Å². The van der Waals surface area contributed by atoms with E-state index in [0.29, 0.717) is 6.07 Å². The number of aliphatic imine (C=N–C) groups is 1. The van der Waals surface area contributed by atoms with Gasteiger partial charge in [0.1, 0.15) is 0 Å². The van der Waals surface area contributed by atoms with Crippen molar-refractivity contribution in [3.63, 3.8) is 0 Å². The number of nitrogens with one attached hydrogen (secondary N) is 3. The van der Waals surface area contributed by atoms with Crippen molar-refractivity contribution in [3.8, 4) is 0 Å². The molecule has 12 heteroatoms. The van der Waals surface area contributed by atoms with Crippen LogP contribution in [0.4, 0.5) is 18.9 Å². The first-order chi connectivity index (χ1) is 15.3. The molecule has 2 fully saturated rings. The molecule has 8 nitrogen and oxygen atoms in total. The number of fused-ring (bicyclic) bond motifs is 5. The lowest BCUT2D eigenvalue weighted by atomic mass is 9.85. The Bertz CT molecular complexity index is 1000. The highest BCUT2D eigenvalue weighted by atomic mass is 127. The number of carbonyl (C=O) groups is 3. The van der Waals surface area contributed by atoms with Crippen molar-refractivity contribution >= 4 is 53.3 Å². The second kappa shape index (κ2) is 10.1. The fourth-order valence-corrected chi connectivity index (χ4v) is 4.67. The molecule has 0 aromatic heterocycles. The van der Waals surface area contributed by atoms with Crippen molar-refractivity contribution in [2.75, 3.05) is 32.0 Å². The fraction of sp³-hybridized carbons (Fsp3) is 0.429. The third kappa shape index (κ3) is 4.70. The lowest BCUT2D eigenvalue weighted by Crippen LogP contribution is -2.45. The van der Waals surface area contributed by atoms with Gasteiger partial charge in [-0.1, -0.05) is 12.2 Å². The summed E-state index contributed by atoms with van der Waals surface area (Å²) in [4.78, 5) is 42.5. The summed E-state index contributed by atoms with van der Waals surface area (Å²) in [7, 11) is 1.46. The second-order valence-corrected chi connectivity index (χ2v) is 7.95. The van der Waals surface area contributed by atoms with Crippen LogP contribution in [-0.4, -0.2) is 55.3 Å². The van der Waals surface area contributed by atoms with Gasteiger partial charge < -0.3 is 16.0 Å². The van der Waals surface area contributed by atoms with Crippen LogP contribution in [-0.2, 0) is 14.4 Å². The Morgan fingerprint density at radius 3 is 2.30 bits per heavy atom. The van der Waals surface area contributed by atoms with E-state index < -0.39 is 29.0 Å². The van der Waals surface area contributed by atoms with E-state index >= 15 is 0 Å². The second-order valence-electron chi connectivity index (χ2n) is 7.95. The summed E-state index contributed by atoms with van der Waals surface area (Å²) in [5, 5.41) is 7.72. The summed E-state index contributed by atoms with van der Waals surface area (Å²) in [6.07, 6.45) is 4.93. The third-order valence-corrected chi connectivity index (χ3v) is 6.14. The number of carbonyl (C=O) groups excluding carboxylic acids is 3. The SMILES string of the molecule is CN=C(NCCN1C(=O)C2C3C=CC(C3)C2C1=O)NCC(=O)Nc1ccc(F)c(F)c1F.I. The van der Waals surface area contributed by atoms with Crippen LogP contribution in [0.2, 0.25) is 0 Å². The molecule has 1 aliphatic heterocycles. The van der Waals surface area contributed by atoms with Gasteiger partial charge in [0.15, 0.2) is 23.4 Å². The normalized spacial score (nSPS) is 25.2. The minimum Gasteiger partial charge on any atom is -0.355 e. The minimum absolute atomic E-state index is 0. The summed E-state index contributed by atoms with van der Waals surface area (Å²) in [5.74, 6) is -5.52.